The van der Waals surface area contributed by atoms with Gasteiger partial charge in [-0.2, -0.15) is 11.8 Å². The van der Waals surface area contributed by atoms with E-state index in [1.165, 1.54) is 24.3 Å². The minimum Gasteiger partial charge on any atom is -0.378 e. The monoisotopic (exact) mass is 160 g/mol. The molecule has 1 aliphatic heterocycles. The molecule has 1 saturated heterocycles. The Bertz CT molecular complexity index is 79.3. The lowest BCUT2D eigenvalue weighted by atomic mass is 10.2. The maximum absolute atomic E-state index is 5.62. The van der Waals surface area contributed by atoms with Crippen molar-refractivity contribution in [3.05, 3.63) is 0 Å². The lowest BCUT2D eigenvalue weighted by Crippen LogP contribution is -2.19. The van der Waals surface area contributed by atoms with Gasteiger partial charge in [0, 0.05) is 6.61 Å². The predicted octanol–water partition coefficient (Wildman–Crippen LogP) is 2.31. The Morgan fingerprint density at radius 1 is 1.40 bits per heavy atom. The first kappa shape index (κ1) is 8.41. The summed E-state index contributed by atoms with van der Waals surface area (Å²) in [7, 11) is 0. The van der Waals surface area contributed by atoms with Gasteiger partial charge in [0.2, 0.25) is 0 Å². The Hall–Kier alpha value is 0.310. The second-order valence-electron chi connectivity index (χ2n) is 2.68. The van der Waals surface area contributed by atoms with Crippen molar-refractivity contribution in [2.24, 2.45) is 0 Å². The molecule has 1 aliphatic rings. The van der Waals surface area contributed by atoms with Gasteiger partial charge in [-0.15, -0.1) is 0 Å². The highest BCUT2D eigenvalue weighted by atomic mass is 32.2. The van der Waals surface area contributed by atoms with Crippen LogP contribution in [0.3, 0.4) is 0 Å². The standard InChI is InChI=1S/C8H16OS/c1-2-5-9-8-3-6-10-7-4-8/h8H,2-7H2,1H3. The van der Waals surface area contributed by atoms with E-state index in [0.717, 1.165) is 13.0 Å². The highest BCUT2D eigenvalue weighted by Gasteiger charge is 2.12. The summed E-state index contributed by atoms with van der Waals surface area (Å²) in [6.45, 7) is 3.12. The second-order valence-corrected chi connectivity index (χ2v) is 3.91. The summed E-state index contributed by atoms with van der Waals surface area (Å²) in [6, 6.07) is 0. The van der Waals surface area contributed by atoms with Gasteiger partial charge in [0.15, 0.2) is 0 Å². The van der Waals surface area contributed by atoms with Crippen LogP contribution in [0.25, 0.3) is 0 Å². The number of hydrogen-bond acceptors (Lipinski definition) is 2. The molecule has 0 aromatic carbocycles. The van der Waals surface area contributed by atoms with Crippen LogP contribution in [0, 0.1) is 0 Å². The molecule has 0 bridgehead atoms. The predicted molar refractivity (Wildman–Crippen MR) is 46.6 cm³/mol. The molecule has 0 atom stereocenters. The molecule has 0 saturated carbocycles. The third kappa shape index (κ3) is 2.93. The molecule has 60 valence electrons. The smallest absolute Gasteiger partial charge is 0.0590 e. The summed E-state index contributed by atoms with van der Waals surface area (Å²) in [4.78, 5) is 0. The zero-order chi connectivity index (χ0) is 7.23. The van der Waals surface area contributed by atoms with Crippen molar-refractivity contribution >= 4 is 11.8 Å². The Balaban J connectivity index is 2.02. The van der Waals surface area contributed by atoms with Gasteiger partial charge in [-0.05, 0) is 30.8 Å². The van der Waals surface area contributed by atoms with Crippen molar-refractivity contribution in [2.75, 3.05) is 18.1 Å². The fourth-order valence-corrected chi connectivity index (χ4v) is 2.19. The number of hydrogen-bond donors (Lipinski definition) is 0. The third-order valence-electron chi connectivity index (χ3n) is 1.73. The van der Waals surface area contributed by atoms with Crippen molar-refractivity contribution in [1.29, 1.82) is 0 Å². The highest BCUT2D eigenvalue weighted by molar-refractivity contribution is 7.99. The first-order valence-corrected chi connectivity index (χ1v) is 5.28. The summed E-state index contributed by atoms with van der Waals surface area (Å²) >= 11 is 2.05. The maximum atomic E-state index is 5.62. The van der Waals surface area contributed by atoms with E-state index in [-0.39, 0.29) is 0 Å². The van der Waals surface area contributed by atoms with Crippen LogP contribution in [0.5, 0.6) is 0 Å². The Morgan fingerprint density at radius 2 is 2.10 bits per heavy atom. The van der Waals surface area contributed by atoms with E-state index >= 15 is 0 Å². The molecule has 1 heterocycles. The van der Waals surface area contributed by atoms with E-state index in [9.17, 15) is 0 Å². The molecule has 0 unspecified atom stereocenters. The quantitative estimate of drug-likeness (QED) is 0.626. The Morgan fingerprint density at radius 3 is 2.70 bits per heavy atom. The van der Waals surface area contributed by atoms with Gasteiger partial charge in [-0.1, -0.05) is 6.92 Å². The van der Waals surface area contributed by atoms with Crippen LogP contribution >= 0.6 is 11.8 Å². The summed E-state index contributed by atoms with van der Waals surface area (Å²) in [6.07, 6.45) is 4.28. The zero-order valence-electron chi connectivity index (χ0n) is 6.64. The van der Waals surface area contributed by atoms with E-state index in [0.29, 0.717) is 6.10 Å². The van der Waals surface area contributed by atoms with Gasteiger partial charge in [0.1, 0.15) is 0 Å². The Labute approximate surface area is 67.5 Å². The van der Waals surface area contributed by atoms with Gasteiger partial charge in [0.25, 0.3) is 0 Å². The average Bonchev–Trinajstić information content (AvgIpc) is 2.03. The molecular formula is C8H16OS. The van der Waals surface area contributed by atoms with Crippen molar-refractivity contribution in [2.45, 2.75) is 32.3 Å². The second kappa shape index (κ2) is 5.03. The van der Waals surface area contributed by atoms with Crippen LogP contribution in [0.2, 0.25) is 0 Å². The van der Waals surface area contributed by atoms with Crippen molar-refractivity contribution in [1.82, 2.24) is 0 Å². The molecule has 0 N–H and O–H groups in total. The molecule has 2 heteroatoms. The molecule has 1 fully saturated rings. The van der Waals surface area contributed by atoms with Crippen LogP contribution in [-0.2, 0) is 4.74 Å². The molecule has 0 radical (unpaired) electrons. The number of ether oxygens (including phenoxy) is 1. The van der Waals surface area contributed by atoms with E-state index in [4.69, 9.17) is 4.74 Å². The summed E-state index contributed by atoms with van der Waals surface area (Å²) < 4.78 is 5.62. The molecule has 0 amide bonds. The zero-order valence-corrected chi connectivity index (χ0v) is 7.45. The van der Waals surface area contributed by atoms with Crippen LogP contribution in [0.15, 0.2) is 0 Å². The largest absolute Gasteiger partial charge is 0.378 e. The van der Waals surface area contributed by atoms with Crippen molar-refractivity contribution in [3.8, 4) is 0 Å². The van der Waals surface area contributed by atoms with E-state index in [1.807, 2.05) is 0 Å². The minimum absolute atomic E-state index is 0.584. The molecule has 10 heavy (non-hydrogen) atoms. The molecule has 1 nitrogen and oxygen atoms in total. The van der Waals surface area contributed by atoms with E-state index in [1.54, 1.807) is 0 Å². The fraction of sp³-hybridized carbons (Fsp3) is 1.00. The van der Waals surface area contributed by atoms with Crippen LogP contribution in [-0.4, -0.2) is 24.2 Å². The molecule has 0 aliphatic carbocycles. The summed E-state index contributed by atoms with van der Waals surface area (Å²) in [5, 5.41) is 0. The van der Waals surface area contributed by atoms with Gasteiger partial charge >= 0.3 is 0 Å². The van der Waals surface area contributed by atoms with E-state index < -0.39 is 0 Å². The first-order chi connectivity index (χ1) is 4.93. The summed E-state index contributed by atoms with van der Waals surface area (Å²) in [5.41, 5.74) is 0. The topological polar surface area (TPSA) is 9.23 Å². The maximum Gasteiger partial charge on any atom is 0.0590 e. The molecule has 0 spiro atoms. The number of thioether (sulfide) groups is 1. The van der Waals surface area contributed by atoms with Crippen LogP contribution in [0.1, 0.15) is 26.2 Å². The molecular weight excluding hydrogens is 144 g/mol. The lowest BCUT2D eigenvalue weighted by molar-refractivity contribution is 0.0485. The minimum atomic E-state index is 0.584. The van der Waals surface area contributed by atoms with Crippen LogP contribution < -0.4 is 0 Å². The van der Waals surface area contributed by atoms with Gasteiger partial charge in [0.05, 0.1) is 6.10 Å². The SMILES string of the molecule is CCCOC1CCSCC1. The van der Waals surface area contributed by atoms with Gasteiger partial charge < -0.3 is 4.74 Å². The number of rotatable bonds is 3. The molecule has 0 aromatic rings. The third-order valence-corrected chi connectivity index (χ3v) is 2.77. The molecule has 1 rings (SSSR count). The highest BCUT2D eigenvalue weighted by Crippen LogP contribution is 2.19. The molecule has 0 aromatic heterocycles. The van der Waals surface area contributed by atoms with Gasteiger partial charge in [-0.3, -0.25) is 0 Å². The Kier molecular flexibility index (Phi) is 4.23. The summed E-state index contributed by atoms with van der Waals surface area (Å²) in [5.74, 6) is 2.60. The van der Waals surface area contributed by atoms with Crippen LogP contribution in [0.4, 0.5) is 0 Å². The first-order valence-electron chi connectivity index (χ1n) is 4.13. The average molecular weight is 160 g/mol. The normalized spacial score (nSPS) is 21.3. The van der Waals surface area contributed by atoms with Crippen molar-refractivity contribution in [3.63, 3.8) is 0 Å². The fourth-order valence-electron chi connectivity index (χ4n) is 1.13. The van der Waals surface area contributed by atoms with Gasteiger partial charge in [-0.25, -0.2) is 0 Å². The van der Waals surface area contributed by atoms with Crippen molar-refractivity contribution < 1.29 is 4.74 Å². The van der Waals surface area contributed by atoms with E-state index in [2.05, 4.69) is 18.7 Å². The lowest BCUT2D eigenvalue weighted by Gasteiger charge is -2.21.